The van der Waals surface area contributed by atoms with Gasteiger partial charge in [0, 0.05) is 12.1 Å². The number of nitrogens with zero attached hydrogens (tertiary/aromatic N) is 3. The molecule has 0 bridgehead atoms. The number of pyridine rings is 1. The Hall–Kier alpha value is -2.31. The second-order valence-electron chi connectivity index (χ2n) is 7.17. The van der Waals surface area contributed by atoms with E-state index in [1.807, 2.05) is 13.0 Å². The maximum Gasteiger partial charge on any atom is 0.161 e. The van der Waals surface area contributed by atoms with E-state index in [0.29, 0.717) is 5.92 Å². The minimum absolute atomic E-state index is 0.00608. The molecule has 0 spiro atoms. The molecule has 3 aromatic rings. The van der Waals surface area contributed by atoms with Crippen molar-refractivity contribution in [2.75, 3.05) is 0 Å². The van der Waals surface area contributed by atoms with Crippen molar-refractivity contribution in [2.45, 2.75) is 44.8 Å². The quantitative estimate of drug-likeness (QED) is 0.719. The highest BCUT2D eigenvalue weighted by atomic mass is 19.1. The van der Waals surface area contributed by atoms with E-state index in [-0.39, 0.29) is 24.3 Å². The summed E-state index contributed by atoms with van der Waals surface area (Å²) in [5.74, 6) is 1.13. The number of fused-ring (bicyclic) bond motifs is 2. The molecule has 2 saturated heterocycles. The summed E-state index contributed by atoms with van der Waals surface area (Å²) in [7, 11) is 0. The van der Waals surface area contributed by atoms with Crippen molar-refractivity contribution in [2.24, 2.45) is 5.92 Å². The molecule has 134 valence electrons. The van der Waals surface area contributed by atoms with Crippen LogP contribution in [0.2, 0.25) is 0 Å². The zero-order chi connectivity index (χ0) is 17.7. The summed E-state index contributed by atoms with van der Waals surface area (Å²) < 4.78 is 27.6. The van der Waals surface area contributed by atoms with Gasteiger partial charge in [0.15, 0.2) is 6.29 Å². The third kappa shape index (κ3) is 2.70. The van der Waals surface area contributed by atoms with Crippen molar-refractivity contribution in [3.63, 3.8) is 0 Å². The lowest BCUT2D eigenvalue weighted by Crippen LogP contribution is -2.19. The van der Waals surface area contributed by atoms with Gasteiger partial charge in [-0.3, -0.25) is 4.98 Å². The van der Waals surface area contributed by atoms with Gasteiger partial charge in [-0.25, -0.2) is 9.37 Å². The first kappa shape index (κ1) is 15.9. The highest BCUT2D eigenvalue weighted by molar-refractivity contribution is 5.74. The molecule has 0 saturated carbocycles. The Bertz CT molecular complexity index is 926. The molecule has 1 aromatic carbocycles. The topological polar surface area (TPSA) is 49.2 Å². The molecule has 0 N–H and O–H groups in total. The number of benzene rings is 1. The second kappa shape index (κ2) is 6.14. The standard InChI is InChI=1S/C20H20FN3O2/c1-12-23-17-10-22-7-6-18(17)24(12)11-16-8-14-9-19(26-20(14)25-16)13-2-4-15(21)5-3-13/h2-7,10,14,16,19-20H,8-9,11H2,1H3. The van der Waals surface area contributed by atoms with Crippen LogP contribution < -0.4 is 0 Å². The van der Waals surface area contributed by atoms with Crippen LogP contribution in [0.15, 0.2) is 42.7 Å². The van der Waals surface area contributed by atoms with Gasteiger partial charge in [-0.1, -0.05) is 12.1 Å². The highest BCUT2D eigenvalue weighted by Gasteiger charge is 2.44. The van der Waals surface area contributed by atoms with E-state index < -0.39 is 0 Å². The number of rotatable bonds is 3. The molecule has 2 aliphatic rings. The van der Waals surface area contributed by atoms with E-state index in [1.165, 1.54) is 12.1 Å². The molecule has 0 amide bonds. The molecule has 4 unspecified atom stereocenters. The Labute approximate surface area is 150 Å². The van der Waals surface area contributed by atoms with Gasteiger partial charge in [-0.2, -0.15) is 0 Å². The fraction of sp³-hybridized carbons (Fsp3) is 0.400. The van der Waals surface area contributed by atoms with Crippen LogP contribution in [-0.2, 0) is 16.0 Å². The second-order valence-corrected chi connectivity index (χ2v) is 7.17. The van der Waals surface area contributed by atoms with Gasteiger partial charge >= 0.3 is 0 Å². The molecular weight excluding hydrogens is 333 g/mol. The van der Waals surface area contributed by atoms with Gasteiger partial charge in [-0.15, -0.1) is 0 Å². The van der Waals surface area contributed by atoms with Crippen molar-refractivity contribution >= 4 is 11.0 Å². The minimum Gasteiger partial charge on any atom is -0.347 e. The fourth-order valence-electron chi connectivity index (χ4n) is 4.19. The SMILES string of the molecule is Cc1nc2cnccc2n1CC1CC2CC(c3ccc(F)cc3)OC2O1. The van der Waals surface area contributed by atoms with Crippen molar-refractivity contribution in [1.29, 1.82) is 0 Å². The van der Waals surface area contributed by atoms with Crippen LogP contribution >= 0.6 is 0 Å². The van der Waals surface area contributed by atoms with Crippen molar-refractivity contribution in [1.82, 2.24) is 14.5 Å². The fourth-order valence-corrected chi connectivity index (χ4v) is 4.19. The molecule has 6 heteroatoms. The van der Waals surface area contributed by atoms with Gasteiger partial charge in [0.05, 0.1) is 30.5 Å². The van der Waals surface area contributed by atoms with Crippen LogP contribution in [0.4, 0.5) is 4.39 Å². The van der Waals surface area contributed by atoms with Crippen molar-refractivity contribution < 1.29 is 13.9 Å². The lowest BCUT2D eigenvalue weighted by Gasteiger charge is -2.18. The summed E-state index contributed by atoms with van der Waals surface area (Å²) >= 11 is 0. The third-order valence-corrected chi connectivity index (χ3v) is 5.46. The van der Waals surface area contributed by atoms with E-state index >= 15 is 0 Å². The normalized spacial score (nSPS) is 27.9. The molecule has 2 aliphatic heterocycles. The summed E-state index contributed by atoms with van der Waals surface area (Å²) in [4.78, 5) is 8.71. The Morgan fingerprint density at radius 1 is 1.15 bits per heavy atom. The predicted molar refractivity (Wildman–Crippen MR) is 93.9 cm³/mol. The van der Waals surface area contributed by atoms with Crippen molar-refractivity contribution in [3.05, 3.63) is 59.9 Å². The van der Waals surface area contributed by atoms with Crippen molar-refractivity contribution in [3.8, 4) is 0 Å². The number of imidazole rings is 1. The summed E-state index contributed by atoms with van der Waals surface area (Å²) in [5.41, 5.74) is 3.02. The van der Waals surface area contributed by atoms with Crippen LogP contribution in [0, 0.1) is 18.7 Å². The van der Waals surface area contributed by atoms with Gasteiger partial charge < -0.3 is 14.0 Å². The van der Waals surface area contributed by atoms with Gasteiger partial charge in [-0.05, 0) is 43.5 Å². The first-order valence-electron chi connectivity index (χ1n) is 9.00. The largest absolute Gasteiger partial charge is 0.347 e. The van der Waals surface area contributed by atoms with E-state index in [0.717, 1.165) is 41.8 Å². The molecule has 5 nitrogen and oxygen atoms in total. The molecule has 0 aliphatic carbocycles. The molecule has 2 aromatic heterocycles. The van der Waals surface area contributed by atoms with E-state index in [4.69, 9.17) is 9.47 Å². The summed E-state index contributed by atoms with van der Waals surface area (Å²) in [6.07, 6.45) is 5.40. The first-order valence-corrected chi connectivity index (χ1v) is 9.00. The number of ether oxygens (including phenoxy) is 2. The average molecular weight is 353 g/mol. The molecule has 5 rings (SSSR count). The van der Waals surface area contributed by atoms with Crippen LogP contribution in [0.1, 0.15) is 30.3 Å². The molecular formula is C20H20FN3O2. The molecule has 26 heavy (non-hydrogen) atoms. The predicted octanol–water partition coefficient (Wildman–Crippen LogP) is 3.77. The van der Waals surface area contributed by atoms with E-state index in [1.54, 1.807) is 24.5 Å². The Morgan fingerprint density at radius 2 is 2.00 bits per heavy atom. The number of aryl methyl sites for hydroxylation is 1. The number of hydrogen-bond acceptors (Lipinski definition) is 4. The number of hydrogen-bond donors (Lipinski definition) is 0. The zero-order valence-corrected chi connectivity index (χ0v) is 14.5. The van der Waals surface area contributed by atoms with Crippen LogP contribution in [0.3, 0.4) is 0 Å². The van der Waals surface area contributed by atoms with Gasteiger partial charge in [0.2, 0.25) is 0 Å². The summed E-state index contributed by atoms with van der Waals surface area (Å²) in [6, 6.07) is 8.56. The van der Waals surface area contributed by atoms with Crippen LogP contribution in [0.25, 0.3) is 11.0 Å². The molecule has 2 fully saturated rings. The zero-order valence-electron chi connectivity index (χ0n) is 14.5. The Kier molecular flexibility index (Phi) is 3.76. The van der Waals surface area contributed by atoms with E-state index in [9.17, 15) is 4.39 Å². The average Bonchev–Trinajstić information content (AvgIpc) is 3.28. The number of halogens is 1. The molecule has 4 heterocycles. The smallest absolute Gasteiger partial charge is 0.161 e. The monoisotopic (exact) mass is 353 g/mol. The van der Waals surface area contributed by atoms with Gasteiger partial charge in [0.25, 0.3) is 0 Å². The minimum atomic E-state index is -0.221. The number of aromatic nitrogens is 3. The molecule has 0 radical (unpaired) electrons. The molecule has 4 atom stereocenters. The Balaban J connectivity index is 1.28. The Morgan fingerprint density at radius 3 is 2.81 bits per heavy atom. The lowest BCUT2D eigenvalue weighted by molar-refractivity contribution is -0.142. The first-order chi connectivity index (χ1) is 12.7. The highest BCUT2D eigenvalue weighted by Crippen LogP contribution is 2.44. The van der Waals surface area contributed by atoms with Gasteiger partial charge in [0.1, 0.15) is 17.2 Å². The maximum atomic E-state index is 13.1. The van der Waals surface area contributed by atoms with E-state index in [2.05, 4.69) is 14.5 Å². The maximum absolute atomic E-state index is 13.1. The van der Waals surface area contributed by atoms with Crippen LogP contribution in [-0.4, -0.2) is 26.9 Å². The summed E-state index contributed by atoms with van der Waals surface area (Å²) in [5, 5.41) is 0. The lowest BCUT2D eigenvalue weighted by atomic mass is 9.96. The third-order valence-electron chi connectivity index (χ3n) is 5.46. The summed E-state index contributed by atoms with van der Waals surface area (Å²) in [6.45, 7) is 2.78. The van der Waals surface area contributed by atoms with Crippen LogP contribution in [0.5, 0.6) is 0 Å².